The number of benzene rings is 2. The fourth-order valence-electron chi connectivity index (χ4n) is 3.30. The van der Waals surface area contributed by atoms with Gasteiger partial charge >= 0.3 is 0 Å². The van der Waals surface area contributed by atoms with Crippen LogP contribution in [0.3, 0.4) is 0 Å². The average Bonchev–Trinajstić information content (AvgIpc) is 2.78. The van der Waals surface area contributed by atoms with Crippen LogP contribution >= 0.6 is 0 Å². The Balaban J connectivity index is 1.96. The van der Waals surface area contributed by atoms with Gasteiger partial charge in [-0.15, -0.1) is 0 Å². The Morgan fingerprint density at radius 3 is 2.31 bits per heavy atom. The summed E-state index contributed by atoms with van der Waals surface area (Å²) in [4.78, 5) is 26.0. The number of anilines is 1. The third-order valence-electron chi connectivity index (χ3n) is 4.75. The zero-order valence-corrected chi connectivity index (χ0v) is 19.2. The van der Waals surface area contributed by atoms with E-state index in [4.69, 9.17) is 9.47 Å². The first-order chi connectivity index (χ1) is 15.4. The predicted molar refractivity (Wildman–Crippen MR) is 127 cm³/mol. The smallest absolute Gasteiger partial charge is 0.276 e. The molecule has 32 heavy (non-hydrogen) atoms. The summed E-state index contributed by atoms with van der Waals surface area (Å²) in [6.45, 7) is 9.64. The van der Waals surface area contributed by atoms with E-state index < -0.39 is 0 Å². The molecule has 0 saturated heterocycles. The maximum absolute atomic E-state index is 13.2. The number of amides is 1. The fraction of sp³-hybridized carbons (Fsp3) is 0.400. The molecule has 0 aliphatic carbocycles. The average molecular weight is 438 g/mol. The van der Waals surface area contributed by atoms with Gasteiger partial charge in [-0.05, 0) is 37.0 Å². The van der Waals surface area contributed by atoms with E-state index >= 15 is 0 Å². The summed E-state index contributed by atoms with van der Waals surface area (Å²) in [5.41, 5.74) is 0.583. The molecule has 0 aliphatic heterocycles. The van der Waals surface area contributed by atoms with Gasteiger partial charge < -0.3 is 14.8 Å². The molecule has 1 N–H and O–H groups in total. The van der Waals surface area contributed by atoms with Crippen LogP contribution in [-0.2, 0) is 6.54 Å². The molecule has 0 bridgehead atoms. The van der Waals surface area contributed by atoms with Crippen LogP contribution < -0.4 is 20.3 Å². The minimum Gasteiger partial charge on any atom is -0.490 e. The highest BCUT2D eigenvalue weighted by Gasteiger charge is 2.18. The minimum atomic E-state index is -0.387. The van der Waals surface area contributed by atoms with Gasteiger partial charge in [0.2, 0.25) is 0 Å². The molecule has 0 spiro atoms. The summed E-state index contributed by atoms with van der Waals surface area (Å²) in [7, 11) is 0. The summed E-state index contributed by atoms with van der Waals surface area (Å²) >= 11 is 0. The van der Waals surface area contributed by atoms with Crippen molar-refractivity contribution in [1.29, 1.82) is 0 Å². The molecule has 0 fully saturated rings. The van der Waals surface area contributed by atoms with Gasteiger partial charge in [0, 0.05) is 23.7 Å². The third kappa shape index (κ3) is 5.46. The molecule has 0 radical (unpaired) electrons. The number of carbonyl (C=O) groups is 1. The number of carbonyl (C=O) groups excluding carboxylic acids is 1. The van der Waals surface area contributed by atoms with Crippen molar-refractivity contribution < 1.29 is 14.3 Å². The zero-order chi connectivity index (χ0) is 23.1. The second-order valence-electron chi connectivity index (χ2n) is 8.09. The molecule has 1 heterocycles. The Hall–Kier alpha value is -3.35. The Kier molecular flexibility index (Phi) is 7.87. The van der Waals surface area contributed by atoms with Crippen LogP contribution in [0.2, 0.25) is 0 Å². The van der Waals surface area contributed by atoms with Crippen LogP contribution in [0.1, 0.15) is 51.0 Å². The molecule has 170 valence electrons. The van der Waals surface area contributed by atoms with Crippen molar-refractivity contribution in [3.63, 3.8) is 0 Å². The second kappa shape index (κ2) is 10.8. The fourth-order valence-corrected chi connectivity index (χ4v) is 3.30. The Morgan fingerprint density at radius 1 is 1.00 bits per heavy atom. The summed E-state index contributed by atoms with van der Waals surface area (Å²) < 4.78 is 13.0. The zero-order valence-electron chi connectivity index (χ0n) is 19.2. The molecule has 7 nitrogen and oxygen atoms in total. The summed E-state index contributed by atoms with van der Waals surface area (Å²) in [6.07, 6.45) is 1.74. The number of hydrogen-bond acceptors (Lipinski definition) is 5. The van der Waals surface area contributed by atoms with E-state index in [0.717, 1.165) is 12.8 Å². The highest BCUT2D eigenvalue weighted by Crippen LogP contribution is 2.31. The molecule has 3 rings (SSSR count). The van der Waals surface area contributed by atoms with Crippen molar-refractivity contribution >= 4 is 22.4 Å². The molecule has 0 atom stereocenters. The Morgan fingerprint density at radius 2 is 1.66 bits per heavy atom. The van der Waals surface area contributed by atoms with Crippen molar-refractivity contribution in [3.8, 4) is 11.5 Å². The topological polar surface area (TPSA) is 82.5 Å². The van der Waals surface area contributed by atoms with Crippen LogP contribution in [-0.4, -0.2) is 28.9 Å². The quantitative estimate of drug-likeness (QED) is 0.489. The first kappa shape index (κ1) is 23.3. The lowest BCUT2D eigenvalue weighted by atomic mass is 10.1. The van der Waals surface area contributed by atoms with E-state index in [1.165, 1.54) is 4.68 Å². The number of ether oxygens (including phenoxy) is 2. The second-order valence-corrected chi connectivity index (χ2v) is 8.09. The third-order valence-corrected chi connectivity index (χ3v) is 4.75. The van der Waals surface area contributed by atoms with Crippen molar-refractivity contribution in [1.82, 2.24) is 9.78 Å². The molecule has 1 aromatic heterocycles. The van der Waals surface area contributed by atoms with Crippen LogP contribution in [0.25, 0.3) is 10.8 Å². The molecule has 0 aliphatic rings. The first-order valence-corrected chi connectivity index (χ1v) is 11.1. The molecular formula is C25H31N3O4. The van der Waals surface area contributed by atoms with Crippen molar-refractivity contribution in [2.75, 3.05) is 18.5 Å². The molecular weight excluding hydrogens is 406 g/mol. The lowest BCUT2D eigenvalue weighted by Crippen LogP contribution is -2.29. The molecule has 2 aromatic carbocycles. The van der Waals surface area contributed by atoms with Gasteiger partial charge in [0.15, 0.2) is 17.2 Å². The Labute approximate surface area is 188 Å². The number of rotatable bonds is 10. The van der Waals surface area contributed by atoms with Crippen LogP contribution in [0.15, 0.2) is 47.3 Å². The van der Waals surface area contributed by atoms with Crippen molar-refractivity contribution in [2.45, 2.75) is 47.1 Å². The molecule has 3 aromatic rings. The Bertz CT molecular complexity index is 1140. The highest BCUT2D eigenvalue weighted by atomic mass is 16.5. The first-order valence-electron chi connectivity index (χ1n) is 11.1. The van der Waals surface area contributed by atoms with Gasteiger partial charge in [0.25, 0.3) is 11.5 Å². The predicted octanol–water partition coefficient (Wildman–Crippen LogP) is 4.88. The summed E-state index contributed by atoms with van der Waals surface area (Å²) in [6, 6.07) is 12.4. The molecule has 1 amide bonds. The molecule has 0 saturated carbocycles. The van der Waals surface area contributed by atoms with Gasteiger partial charge in [0.1, 0.15) is 0 Å². The van der Waals surface area contributed by atoms with E-state index in [0.29, 0.717) is 47.7 Å². The van der Waals surface area contributed by atoms with Gasteiger partial charge in [-0.3, -0.25) is 9.59 Å². The van der Waals surface area contributed by atoms with Crippen molar-refractivity contribution in [3.05, 3.63) is 58.5 Å². The molecule has 7 heteroatoms. The monoisotopic (exact) mass is 437 g/mol. The van der Waals surface area contributed by atoms with Gasteiger partial charge in [-0.25, -0.2) is 4.68 Å². The van der Waals surface area contributed by atoms with E-state index in [-0.39, 0.29) is 23.1 Å². The van der Waals surface area contributed by atoms with Gasteiger partial charge in [-0.2, -0.15) is 5.10 Å². The molecule has 0 unspecified atom stereocenters. The van der Waals surface area contributed by atoms with E-state index in [1.54, 1.807) is 42.5 Å². The maximum atomic E-state index is 13.2. The summed E-state index contributed by atoms with van der Waals surface area (Å²) in [5.74, 6) is 1.06. The lowest BCUT2D eigenvalue weighted by Gasteiger charge is -2.15. The number of aromatic nitrogens is 2. The maximum Gasteiger partial charge on any atom is 0.276 e. The lowest BCUT2D eigenvalue weighted by molar-refractivity contribution is 0.102. The number of nitrogens with zero attached hydrogens (tertiary/aromatic N) is 2. The van der Waals surface area contributed by atoms with E-state index in [2.05, 4.69) is 10.4 Å². The van der Waals surface area contributed by atoms with Gasteiger partial charge in [0.05, 0.1) is 18.6 Å². The number of fused-ring (bicyclic) bond motifs is 1. The highest BCUT2D eigenvalue weighted by molar-refractivity contribution is 6.11. The van der Waals surface area contributed by atoms with Crippen LogP contribution in [0.5, 0.6) is 11.5 Å². The minimum absolute atomic E-state index is 0.196. The van der Waals surface area contributed by atoms with Gasteiger partial charge in [-0.1, -0.05) is 45.9 Å². The SMILES string of the molecule is CCCOc1ccc(NC(=O)c2nn(CC(C)C)c(=O)c3ccccc23)cc1OCCC. The van der Waals surface area contributed by atoms with E-state index in [9.17, 15) is 9.59 Å². The normalized spacial score (nSPS) is 11.0. The number of hydrogen-bond donors (Lipinski definition) is 1. The van der Waals surface area contributed by atoms with Crippen LogP contribution in [0.4, 0.5) is 5.69 Å². The largest absolute Gasteiger partial charge is 0.490 e. The number of nitrogens with one attached hydrogen (secondary N) is 1. The van der Waals surface area contributed by atoms with Crippen LogP contribution in [0, 0.1) is 5.92 Å². The standard InChI is InChI=1S/C25H31N3O4/c1-5-13-31-21-12-11-18(15-22(21)32-14-6-2)26-24(29)23-19-9-7-8-10-20(19)25(30)28(27-23)16-17(3)4/h7-12,15,17H,5-6,13-14,16H2,1-4H3,(H,26,29). The van der Waals surface area contributed by atoms with E-state index in [1.807, 2.05) is 27.7 Å². The summed E-state index contributed by atoms with van der Waals surface area (Å²) in [5, 5.41) is 8.30. The van der Waals surface area contributed by atoms with Crippen molar-refractivity contribution in [2.24, 2.45) is 5.92 Å².